The highest BCUT2D eigenvalue weighted by Crippen LogP contribution is 2.49. The molecule has 2 heteroatoms. The van der Waals surface area contributed by atoms with Crippen LogP contribution in [0, 0.1) is 0 Å². The third kappa shape index (κ3) is 4.88. The second kappa shape index (κ2) is 11.5. The Morgan fingerprint density at radius 2 is 1.22 bits per heavy atom. The predicted molar refractivity (Wildman–Crippen MR) is 197 cm³/mol. The molecule has 2 aliphatic carbocycles. The molecule has 0 bridgehead atoms. The smallest absolute Gasteiger partial charge is 0.0525 e. The van der Waals surface area contributed by atoms with Crippen molar-refractivity contribution in [2.75, 3.05) is 16.8 Å². The molecule has 3 aliphatic rings. The number of hydrogen-bond donors (Lipinski definition) is 0. The number of hydrogen-bond acceptors (Lipinski definition) is 2. The Morgan fingerprint density at radius 1 is 0.630 bits per heavy atom. The van der Waals surface area contributed by atoms with Gasteiger partial charge in [-0.15, -0.1) is 0 Å². The van der Waals surface area contributed by atoms with E-state index in [0.29, 0.717) is 0 Å². The van der Waals surface area contributed by atoms with Crippen LogP contribution in [-0.2, 0) is 10.8 Å². The van der Waals surface area contributed by atoms with Crippen molar-refractivity contribution < 1.29 is 0 Å². The first kappa shape index (κ1) is 29.9. The average Bonchev–Trinajstić information content (AvgIpc) is 3.62. The molecule has 4 aromatic carbocycles. The summed E-state index contributed by atoms with van der Waals surface area (Å²) in [6.07, 6.45) is 11.6. The van der Waals surface area contributed by atoms with Gasteiger partial charge in [-0.2, -0.15) is 0 Å². The molecular formula is C44H44N2. The molecule has 46 heavy (non-hydrogen) atoms. The zero-order valence-electron chi connectivity index (χ0n) is 28.0. The lowest BCUT2D eigenvalue weighted by molar-refractivity contribution is 0.640. The molecule has 4 aromatic rings. The molecule has 0 fully saturated rings. The highest BCUT2D eigenvalue weighted by atomic mass is 15.2. The summed E-state index contributed by atoms with van der Waals surface area (Å²) in [6, 6.07) is 39.4. The van der Waals surface area contributed by atoms with Gasteiger partial charge in [-0.1, -0.05) is 125 Å². The fourth-order valence-corrected chi connectivity index (χ4v) is 8.00. The summed E-state index contributed by atoms with van der Waals surface area (Å²) < 4.78 is 0. The first-order valence-corrected chi connectivity index (χ1v) is 16.6. The standard InChI is InChI=1S/C44H44N2/c1-31-36-21-13-14-22-38(36)43(2,3)37(31)29-27-32-25-26-33(28-30-41-44(4,5)39-23-15-16-24-40(39)45(41)6)42(32)46(34-17-9-7-10-18-34)35-19-11-8-12-20-35/h7-24,27-30H,25-26H2,1-6H3/b29-27?,33-28+,41-30?. The van der Waals surface area contributed by atoms with Crippen LogP contribution in [0.3, 0.4) is 0 Å². The SMILES string of the molecule is CC1=C(C=CC2=C(N(c3ccccc3)c3ccccc3)/C(=C/C=C3N(C)c4ccccc4C3(C)C)CC2)C(C)(C)c2ccccc21. The van der Waals surface area contributed by atoms with Crippen molar-refractivity contribution in [1.29, 1.82) is 0 Å². The van der Waals surface area contributed by atoms with Gasteiger partial charge in [0, 0.05) is 40.6 Å². The lowest BCUT2D eigenvalue weighted by Gasteiger charge is -2.29. The predicted octanol–water partition coefficient (Wildman–Crippen LogP) is 11.4. The van der Waals surface area contributed by atoms with E-state index in [2.05, 4.69) is 185 Å². The van der Waals surface area contributed by atoms with Crippen LogP contribution in [0.5, 0.6) is 0 Å². The molecular weight excluding hydrogens is 556 g/mol. The number of nitrogens with zero attached hydrogens (tertiary/aromatic N) is 2. The lowest BCUT2D eigenvalue weighted by atomic mass is 9.81. The van der Waals surface area contributed by atoms with Crippen molar-refractivity contribution in [3.8, 4) is 0 Å². The maximum atomic E-state index is 2.46. The van der Waals surface area contributed by atoms with Gasteiger partial charge in [0.2, 0.25) is 0 Å². The number of para-hydroxylation sites is 3. The van der Waals surface area contributed by atoms with Crippen molar-refractivity contribution in [1.82, 2.24) is 0 Å². The summed E-state index contributed by atoms with van der Waals surface area (Å²) in [5.41, 5.74) is 15.8. The van der Waals surface area contributed by atoms with E-state index in [-0.39, 0.29) is 10.8 Å². The Morgan fingerprint density at radius 3 is 1.85 bits per heavy atom. The van der Waals surface area contributed by atoms with E-state index in [9.17, 15) is 0 Å². The van der Waals surface area contributed by atoms with Gasteiger partial charge >= 0.3 is 0 Å². The Labute approximate surface area is 275 Å². The van der Waals surface area contributed by atoms with Gasteiger partial charge in [0.05, 0.1) is 5.70 Å². The van der Waals surface area contributed by atoms with Crippen molar-refractivity contribution in [3.63, 3.8) is 0 Å². The van der Waals surface area contributed by atoms with E-state index in [4.69, 9.17) is 0 Å². The van der Waals surface area contributed by atoms with Gasteiger partial charge in [-0.3, -0.25) is 0 Å². The van der Waals surface area contributed by atoms with Crippen LogP contribution in [0.25, 0.3) is 5.57 Å². The fraction of sp³-hybridized carbons (Fsp3) is 0.227. The Balaban J connectivity index is 1.38. The first-order chi connectivity index (χ1) is 22.2. The number of fused-ring (bicyclic) bond motifs is 2. The van der Waals surface area contributed by atoms with E-state index in [0.717, 1.165) is 12.8 Å². The van der Waals surface area contributed by atoms with E-state index >= 15 is 0 Å². The topological polar surface area (TPSA) is 6.48 Å². The molecule has 2 nitrogen and oxygen atoms in total. The zero-order chi connectivity index (χ0) is 32.1. The van der Waals surface area contributed by atoms with E-state index in [1.165, 1.54) is 67.4 Å². The van der Waals surface area contributed by atoms with Crippen LogP contribution in [0.4, 0.5) is 17.1 Å². The number of benzene rings is 4. The molecule has 7 rings (SSSR count). The van der Waals surface area contributed by atoms with Crippen LogP contribution >= 0.6 is 0 Å². The molecule has 0 saturated carbocycles. The third-order valence-corrected chi connectivity index (χ3v) is 10.4. The number of anilines is 3. The summed E-state index contributed by atoms with van der Waals surface area (Å²) in [7, 11) is 2.20. The summed E-state index contributed by atoms with van der Waals surface area (Å²) in [4.78, 5) is 4.83. The zero-order valence-corrected chi connectivity index (χ0v) is 28.0. The van der Waals surface area contributed by atoms with Gasteiger partial charge in [0.1, 0.15) is 0 Å². The Hall–Kier alpha value is -4.82. The normalized spacial score (nSPS) is 19.9. The Kier molecular flexibility index (Phi) is 7.48. The van der Waals surface area contributed by atoms with Crippen LogP contribution < -0.4 is 9.80 Å². The van der Waals surface area contributed by atoms with Crippen molar-refractivity contribution in [2.45, 2.75) is 58.3 Å². The van der Waals surface area contributed by atoms with Gasteiger partial charge in [0.25, 0.3) is 0 Å². The summed E-state index contributed by atoms with van der Waals surface area (Å²) in [5, 5.41) is 0. The molecule has 0 spiro atoms. The molecule has 230 valence electrons. The summed E-state index contributed by atoms with van der Waals surface area (Å²) in [5.74, 6) is 0. The molecule has 0 aromatic heterocycles. The molecule has 0 unspecified atom stereocenters. The van der Waals surface area contributed by atoms with E-state index < -0.39 is 0 Å². The van der Waals surface area contributed by atoms with Crippen molar-refractivity contribution in [2.24, 2.45) is 0 Å². The molecule has 1 aliphatic heterocycles. The minimum atomic E-state index is -0.0702. The minimum Gasteiger partial charge on any atom is -0.347 e. The average molecular weight is 601 g/mol. The first-order valence-electron chi connectivity index (χ1n) is 16.6. The maximum absolute atomic E-state index is 2.46. The second-order valence-electron chi connectivity index (χ2n) is 13.9. The van der Waals surface area contributed by atoms with Gasteiger partial charge in [0.15, 0.2) is 0 Å². The minimum absolute atomic E-state index is 0.0359. The number of likely N-dealkylation sites (N-methyl/N-ethyl adjacent to an activating group) is 1. The fourth-order valence-electron chi connectivity index (χ4n) is 8.00. The maximum Gasteiger partial charge on any atom is 0.0525 e. The van der Waals surface area contributed by atoms with Crippen molar-refractivity contribution in [3.05, 3.63) is 178 Å². The monoisotopic (exact) mass is 600 g/mol. The summed E-state index contributed by atoms with van der Waals surface area (Å²) in [6.45, 7) is 11.7. The number of allylic oxidation sites excluding steroid dienone is 9. The lowest BCUT2D eigenvalue weighted by Crippen LogP contribution is -2.22. The van der Waals surface area contributed by atoms with Crippen LogP contribution in [-0.4, -0.2) is 7.05 Å². The highest BCUT2D eigenvalue weighted by molar-refractivity contribution is 5.81. The van der Waals surface area contributed by atoms with Gasteiger partial charge in [-0.05, 0) is 95.2 Å². The number of rotatable bonds is 6. The Bertz CT molecular complexity index is 1910. The molecule has 0 N–H and O–H groups in total. The molecule has 0 amide bonds. The van der Waals surface area contributed by atoms with E-state index in [1.807, 2.05) is 0 Å². The van der Waals surface area contributed by atoms with Crippen LogP contribution in [0.2, 0.25) is 0 Å². The van der Waals surface area contributed by atoms with Gasteiger partial charge < -0.3 is 9.80 Å². The molecule has 0 atom stereocenters. The second-order valence-corrected chi connectivity index (χ2v) is 13.9. The summed E-state index contributed by atoms with van der Waals surface area (Å²) >= 11 is 0. The highest BCUT2D eigenvalue weighted by Gasteiger charge is 2.38. The molecule has 0 radical (unpaired) electrons. The van der Waals surface area contributed by atoms with Crippen molar-refractivity contribution >= 4 is 22.6 Å². The molecule has 1 heterocycles. The quantitative estimate of drug-likeness (QED) is 0.217. The van der Waals surface area contributed by atoms with E-state index in [1.54, 1.807) is 0 Å². The molecule has 0 saturated heterocycles. The van der Waals surface area contributed by atoms with Crippen LogP contribution in [0.15, 0.2) is 162 Å². The third-order valence-electron chi connectivity index (χ3n) is 10.4. The van der Waals surface area contributed by atoms with Crippen LogP contribution in [0.1, 0.15) is 64.2 Å². The largest absolute Gasteiger partial charge is 0.347 e. The van der Waals surface area contributed by atoms with Gasteiger partial charge in [-0.25, -0.2) is 0 Å².